The average Bonchev–Trinajstić information content (AvgIpc) is 3.13. The Balaban J connectivity index is 1.43. The molecular weight excluding hydrogens is 448 g/mol. The van der Waals surface area contributed by atoms with Gasteiger partial charge in [-0.3, -0.25) is 4.79 Å². The van der Waals surface area contributed by atoms with Crippen LogP contribution in [0.3, 0.4) is 0 Å². The summed E-state index contributed by atoms with van der Waals surface area (Å²) < 4.78 is 2.37. The molecule has 3 rings (SSSR count). The highest BCUT2D eigenvalue weighted by Crippen LogP contribution is 2.36. The Bertz CT molecular complexity index is 1120. The average molecular weight is 493 g/mol. The number of nitrogens with zero attached hydrogens (tertiary/aromatic N) is 2. The molecule has 0 atom stereocenters. The van der Waals surface area contributed by atoms with Gasteiger partial charge >= 0.3 is 0 Å². The lowest BCUT2D eigenvalue weighted by Gasteiger charge is -2.21. The SMILES string of the molecule is Cc1c(-c2ccc(O)cc2)n(CCCCCCCCCCCC(=O)N(C)C(C)C)c2ccc(O)cc12. The monoisotopic (exact) mass is 492 g/mol. The van der Waals surface area contributed by atoms with Crippen molar-refractivity contribution >= 4 is 16.8 Å². The third kappa shape index (κ3) is 7.28. The Morgan fingerprint density at radius 2 is 1.39 bits per heavy atom. The second-order valence-electron chi connectivity index (χ2n) is 10.4. The van der Waals surface area contributed by atoms with Crippen LogP contribution in [0.5, 0.6) is 11.5 Å². The molecule has 1 aromatic heterocycles. The van der Waals surface area contributed by atoms with Crippen molar-refractivity contribution in [3.05, 3.63) is 48.0 Å². The predicted molar refractivity (Wildman–Crippen MR) is 150 cm³/mol. The Hall–Kier alpha value is -2.95. The van der Waals surface area contributed by atoms with E-state index in [2.05, 4.69) is 25.3 Å². The van der Waals surface area contributed by atoms with Crippen molar-refractivity contribution in [1.82, 2.24) is 9.47 Å². The molecule has 1 heterocycles. The lowest BCUT2D eigenvalue weighted by Crippen LogP contribution is -2.32. The first-order chi connectivity index (χ1) is 17.3. The van der Waals surface area contributed by atoms with E-state index >= 15 is 0 Å². The molecule has 0 aliphatic carbocycles. The van der Waals surface area contributed by atoms with Gasteiger partial charge in [-0.15, -0.1) is 0 Å². The van der Waals surface area contributed by atoms with Crippen LogP contribution in [0.15, 0.2) is 42.5 Å². The molecule has 0 spiro atoms. The smallest absolute Gasteiger partial charge is 0.222 e. The number of phenolic OH excluding ortho intramolecular Hbond substituents is 2. The number of carbonyl (C=O) groups excluding carboxylic acids is 1. The van der Waals surface area contributed by atoms with Crippen LogP contribution in [-0.4, -0.2) is 38.7 Å². The summed E-state index contributed by atoms with van der Waals surface area (Å²) in [4.78, 5) is 13.9. The van der Waals surface area contributed by atoms with Crippen molar-refractivity contribution in [3.8, 4) is 22.8 Å². The highest BCUT2D eigenvalue weighted by atomic mass is 16.3. The minimum absolute atomic E-state index is 0.265. The minimum Gasteiger partial charge on any atom is -0.508 e. The van der Waals surface area contributed by atoms with Crippen molar-refractivity contribution < 1.29 is 15.0 Å². The summed E-state index contributed by atoms with van der Waals surface area (Å²) in [6, 6.07) is 13.3. The second kappa shape index (κ2) is 13.4. The summed E-state index contributed by atoms with van der Waals surface area (Å²) in [5.41, 5.74) is 4.54. The Morgan fingerprint density at radius 3 is 2.00 bits per heavy atom. The highest BCUT2D eigenvalue weighted by Gasteiger charge is 2.16. The number of aromatic nitrogens is 1. The molecule has 2 N–H and O–H groups in total. The highest BCUT2D eigenvalue weighted by molar-refractivity contribution is 5.92. The summed E-state index contributed by atoms with van der Waals surface area (Å²) in [7, 11) is 1.89. The fraction of sp³-hybridized carbons (Fsp3) is 0.516. The third-order valence-electron chi connectivity index (χ3n) is 7.38. The molecule has 0 aliphatic rings. The molecular formula is C31H44N2O3. The second-order valence-corrected chi connectivity index (χ2v) is 10.4. The summed E-state index contributed by atoms with van der Waals surface area (Å²) >= 11 is 0. The van der Waals surface area contributed by atoms with Crippen LogP contribution in [0.25, 0.3) is 22.2 Å². The van der Waals surface area contributed by atoms with Gasteiger partial charge in [-0.25, -0.2) is 0 Å². The summed E-state index contributed by atoms with van der Waals surface area (Å²) in [6.07, 6.45) is 11.4. The van der Waals surface area contributed by atoms with Crippen molar-refractivity contribution in [3.63, 3.8) is 0 Å². The molecule has 0 unspecified atom stereocenters. The quantitative estimate of drug-likeness (QED) is 0.226. The molecule has 0 aliphatic heterocycles. The fourth-order valence-electron chi connectivity index (χ4n) is 4.98. The largest absolute Gasteiger partial charge is 0.508 e. The number of aromatic hydroxyl groups is 2. The topological polar surface area (TPSA) is 65.7 Å². The van der Waals surface area contributed by atoms with E-state index in [0.717, 1.165) is 53.5 Å². The zero-order valence-corrected chi connectivity index (χ0v) is 22.6. The van der Waals surface area contributed by atoms with Crippen molar-refractivity contribution in [2.24, 2.45) is 0 Å². The molecule has 196 valence electrons. The molecule has 0 saturated heterocycles. The number of phenols is 2. The maximum atomic E-state index is 12.0. The third-order valence-corrected chi connectivity index (χ3v) is 7.38. The van der Waals surface area contributed by atoms with Crippen LogP contribution in [0.2, 0.25) is 0 Å². The molecule has 5 nitrogen and oxygen atoms in total. The van der Waals surface area contributed by atoms with E-state index in [9.17, 15) is 15.0 Å². The Labute approximate surface area is 216 Å². The zero-order chi connectivity index (χ0) is 26.1. The lowest BCUT2D eigenvalue weighted by molar-refractivity contribution is -0.131. The standard InChI is InChI=1S/C31H44N2O3/c1-23(2)32(4)30(36)14-12-10-8-6-5-7-9-11-13-21-33-29-20-19-27(35)22-28(29)24(3)31(33)25-15-17-26(34)18-16-25/h15-20,22-23,34-35H,5-14,21H2,1-4H3. The van der Waals surface area contributed by atoms with E-state index < -0.39 is 0 Å². The Kier molecular flexibility index (Phi) is 10.3. The maximum absolute atomic E-state index is 12.0. The molecule has 0 fully saturated rings. The number of aryl methyl sites for hydroxylation is 2. The van der Waals surface area contributed by atoms with Gasteiger partial charge in [-0.2, -0.15) is 0 Å². The summed E-state index contributed by atoms with van der Waals surface area (Å²) in [6.45, 7) is 7.16. The van der Waals surface area contributed by atoms with E-state index in [1.54, 1.807) is 18.2 Å². The van der Waals surface area contributed by atoms with Crippen LogP contribution in [-0.2, 0) is 11.3 Å². The van der Waals surface area contributed by atoms with Crippen LogP contribution in [0.4, 0.5) is 0 Å². The van der Waals surface area contributed by atoms with Gasteiger partial charge in [0.25, 0.3) is 0 Å². The van der Waals surface area contributed by atoms with Crippen LogP contribution < -0.4 is 0 Å². The van der Waals surface area contributed by atoms with Crippen LogP contribution in [0, 0.1) is 6.92 Å². The number of carbonyl (C=O) groups is 1. The van der Waals surface area contributed by atoms with Gasteiger partial charge < -0.3 is 19.7 Å². The van der Waals surface area contributed by atoms with E-state index in [1.807, 2.05) is 36.2 Å². The molecule has 0 radical (unpaired) electrons. The van der Waals surface area contributed by atoms with Gasteiger partial charge in [0, 0.05) is 37.0 Å². The van der Waals surface area contributed by atoms with Crippen molar-refractivity contribution in [1.29, 1.82) is 0 Å². The number of fused-ring (bicyclic) bond motifs is 1. The number of benzene rings is 2. The number of hydrogen-bond acceptors (Lipinski definition) is 3. The first-order valence-electron chi connectivity index (χ1n) is 13.7. The molecule has 3 aromatic rings. The first-order valence-corrected chi connectivity index (χ1v) is 13.7. The van der Waals surface area contributed by atoms with Crippen LogP contribution >= 0.6 is 0 Å². The number of unbranched alkanes of at least 4 members (excludes halogenated alkanes) is 8. The molecule has 5 heteroatoms. The molecule has 2 aromatic carbocycles. The van der Waals surface area contributed by atoms with Crippen LogP contribution in [0.1, 0.15) is 83.6 Å². The fourth-order valence-corrected chi connectivity index (χ4v) is 4.98. The minimum atomic E-state index is 0.265. The van der Waals surface area contributed by atoms with E-state index in [-0.39, 0.29) is 23.4 Å². The number of amides is 1. The number of rotatable bonds is 14. The van der Waals surface area contributed by atoms with Gasteiger partial charge in [0.2, 0.25) is 5.91 Å². The predicted octanol–water partition coefficient (Wildman–Crippen LogP) is 7.80. The van der Waals surface area contributed by atoms with Crippen molar-refractivity contribution in [2.75, 3.05) is 7.05 Å². The first kappa shape index (κ1) is 27.6. The Morgan fingerprint density at radius 1 is 0.833 bits per heavy atom. The molecule has 0 saturated carbocycles. The van der Waals surface area contributed by atoms with Gasteiger partial charge in [0.05, 0.1) is 5.69 Å². The molecule has 0 bridgehead atoms. The summed E-state index contributed by atoms with van der Waals surface area (Å²) in [5.74, 6) is 0.819. The van der Waals surface area contributed by atoms with Gasteiger partial charge in [0.15, 0.2) is 0 Å². The zero-order valence-electron chi connectivity index (χ0n) is 22.6. The molecule has 1 amide bonds. The normalized spacial score (nSPS) is 11.5. The van der Waals surface area contributed by atoms with E-state index in [0.29, 0.717) is 6.42 Å². The van der Waals surface area contributed by atoms with E-state index in [4.69, 9.17) is 0 Å². The van der Waals surface area contributed by atoms with Crippen molar-refractivity contribution in [2.45, 2.75) is 97.6 Å². The number of hydrogen-bond donors (Lipinski definition) is 2. The maximum Gasteiger partial charge on any atom is 0.222 e. The van der Waals surface area contributed by atoms with Gasteiger partial charge in [-0.05, 0) is 87.2 Å². The van der Waals surface area contributed by atoms with E-state index in [1.165, 1.54) is 38.5 Å². The lowest BCUT2D eigenvalue weighted by atomic mass is 10.1. The summed E-state index contributed by atoms with van der Waals surface area (Å²) in [5, 5.41) is 20.8. The van der Waals surface area contributed by atoms with Gasteiger partial charge in [-0.1, -0.05) is 44.9 Å². The molecule has 36 heavy (non-hydrogen) atoms. The van der Waals surface area contributed by atoms with Gasteiger partial charge in [0.1, 0.15) is 11.5 Å².